The Morgan fingerprint density at radius 1 is 1.48 bits per heavy atom. The van der Waals surface area contributed by atoms with Crippen molar-refractivity contribution in [2.75, 3.05) is 19.8 Å². The van der Waals surface area contributed by atoms with Crippen molar-refractivity contribution in [2.24, 2.45) is 0 Å². The van der Waals surface area contributed by atoms with Crippen molar-refractivity contribution in [2.45, 2.75) is 24.3 Å². The van der Waals surface area contributed by atoms with E-state index in [9.17, 15) is 17.6 Å². The van der Waals surface area contributed by atoms with E-state index in [0.717, 1.165) is 18.6 Å². The van der Waals surface area contributed by atoms with Gasteiger partial charge in [0, 0.05) is 6.61 Å². The Kier molecular flexibility index (Phi) is 4.92. The van der Waals surface area contributed by atoms with Crippen LogP contribution in [0.5, 0.6) is 0 Å². The summed E-state index contributed by atoms with van der Waals surface area (Å²) in [4.78, 5) is 11.6. The molecule has 2 rings (SSSR count). The third kappa shape index (κ3) is 4.23. The van der Waals surface area contributed by atoms with Crippen LogP contribution in [0.25, 0.3) is 0 Å². The molecule has 2 N–H and O–H groups in total. The van der Waals surface area contributed by atoms with Crippen LogP contribution in [-0.4, -0.2) is 40.1 Å². The lowest BCUT2D eigenvalue weighted by molar-refractivity contribution is -0.120. The normalized spacial score (nSPS) is 18.7. The van der Waals surface area contributed by atoms with Gasteiger partial charge in [-0.3, -0.25) is 4.79 Å². The number of halogens is 1. The summed E-state index contributed by atoms with van der Waals surface area (Å²) in [6, 6.07) is 3.39. The molecule has 1 fully saturated rings. The van der Waals surface area contributed by atoms with Gasteiger partial charge < -0.3 is 10.1 Å². The molecule has 21 heavy (non-hydrogen) atoms. The summed E-state index contributed by atoms with van der Waals surface area (Å²) in [5.41, 5.74) is 0.227. The highest BCUT2D eigenvalue weighted by Crippen LogP contribution is 2.13. The summed E-state index contributed by atoms with van der Waals surface area (Å²) in [6.07, 6.45) is 0.718. The summed E-state index contributed by atoms with van der Waals surface area (Å²) in [5, 5.41) is 2.67. The van der Waals surface area contributed by atoms with Crippen molar-refractivity contribution in [1.82, 2.24) is 10.0 Å². The van der Waals surface area contributed by atoms with Gasteiger partial charge in [-0.1, -0.05) is 0 Å². The van der Waals surface area contributed by atoms with Crippen molar-refractivity contribution in [3.63, 3.8) is 0 Å². The Labute approximate surface area is 122 Å². The second-order valence-corrected chi connectivity index (χ2v) is 6.63. The van der Waals surface area contributed by atoms with E-state index >= 15 is 0 Å². The minimum absolute atomic E-state index is 0.0709. The van der Waals surface area contributed by atoms with Crippen LogP contribution in [-0.2, 0) is 19.6 Å². The fraction of sp³-hybridized carbons (Fsp3) is 0.462. The second-order valence-electron chi connectivity index (χ2n) is 4.86. The van der Waals surface area contributed by atoms with Gasteiger partial charge in [0.2, 0.25) is 15.9 Å². The lowest BCUT2D eigenvalue weighted by atomic mass is 10.2. The SMILES string of the molecule is Cc1cc(S(=O)(=O)NCC(=O)N[C@@H]2CCOC2)ccc1F. The van der Waals surface area contributed by atoms with Gasteiger partial charge in [-0.25, -0.2) is 17.5 Å². The first-order valence-corrected chi connectivity index (χ1v) is 8.00. The van der Waals surface area contributed by atoms with Crippen LogP contribution in [0.2, 0.25) is 0 Å². The molecule has 0 bridgehead atoms. The molecule has 8 heteroatoms. The minimum atomic E-state index is -3.84. The summed E-state index contributed by atoms with van der Waals surface area (Å²) in [6.45, 7) is 2.14. The number of carbonyl (C=O) groups excluding carboxylic acids is 1. The van der Waals surface area contributed by atoms with Gasteiger partial charge in [-0.05, 0) is 37.1 Å². The van der Waals surface area contributed by atoms with Gasteiger partial charge in [0.1, 0.15) is 5.82 Å². The summed E-state index contributed by atoms with van der Waals surface area (Å²) < 4.78 is 44.4. The Bertz CT molecular complexity index is 627. The number of carbonyl (C=O) groups is 1. The Hall–Kier alpha value is -1.51. The fourth-order valence-corrected chi connectivity index (χ4v) is 3.02. The van der Waals surface area contributed by atoms with Crippen LogP contribution in [0.15, 0.2) is 23.1 Å². The maximum absolute atomic E-state index is 13.1. The first kappa shape index (κ1) is 15.9. The molecule has 116 valence electrons. The largest absolute Gasteiger partial charge is 0.379 e. The van der Waals surface area contributed by atoms with E-state index in [0.29, 0.717) is 13.2 Å². The molecule has 1 atom stereocenters. The molecule has 0 unspecified atom stereocenters. The van der Waals surface area contributed by atoms with E-state index in [1.165, 1.54) is 13.0 Å². The maximum Gasteiger partial charge on any atom is 0.241 e. The zero-order chi connectivity index (χ0) is 15.5. The third-order valence-corrected chi connectivity index (χ3v) is 4.56. The topological polar surface area (TPSA) is 84.5 Å². The van der Waals surface area contributed by atoms with Crippen LogP contribution in [0.4, 0.5) is 4.39 Å². The van der Waals surface area contributed by atoms with E-state index in [4.69, 9.17) is 4.74 Å². The van der Waals surface area contributed by atoms with Gasteiger partial charge in [0.05, 0.1) is 24.1 Å². The van der Waals surface area contributed by atoms with E-state index in [-0.39, 0.29) is 23.0 Å². The average molecular weight is 316 g/mol. The number of ether oxygens (including phenoxy) is 1. The summed E-state index contributed by atoms with van der Waals surface area (Å²) in [7, 11) is -3.84. The van der Waals surface area contributed by atoms with Crippen molar-refractivity contribution >= 4 is 15.9 Å². The summed E-state index contributed by atoms with van der Waals surface area (Å²) >= 11 is 0. The highest BCUT2D eigenvalue weighted by Gasteiger charge is 2.20. The van der Waals surface area contributed by atoms with Gasteiger partial charge in [0.25, 0.3) is 0 Å². The molecule has 1 aromatic carbocycles. The van der Waals surface area contributed by atoms with Gasteiger partial charge in [-0.15, -0.1) is 0 Å². The first-order chi connectivity index (χ1) is 9.88. The molecule has 1 aliphatic heterocycles. The van der Waals surface area contributed by atoms with E-state index in [2.05, 4.69) is 10.0 Å². The van der Waals surface area contributed by atoms with Crippen LogP contribution in [0, 0.1) is 12.7 Å². The van der Waals surface area contributed by atoms with Crippen LogP contribution < -0.4 is 10.0 Å². The van der Waals surface area contributed by atoms with E-state index in [1.54, 1.807) is 0 Å². The molecule has 1 heterocycles. The van der Waals surface area contributed by atoms with Crippen molar-refractivity contribution in [3.8, 4) is 0 Å². The first-order valence-electron chi connectivity index (χ1n) is 6.51. The summed E-state index contributed by atoms with van der Waals surface area (Å²) in [5.74, 6) is -0.902. The zero-order valence-electron chi connectivity index (χ0n) is 11.6. The molecule has 0 aromatic heterocycles. The molecule has 1 aromatic rings. The van der Waals surface area contributed by atoms with Crippen molar-refractivity contribution in [3.05, 3.63) is 29.6 Å². The number of benzene rings is 1. The van der Waals surface area contributed by atoms with Gasteiger partial charge in [-0.2, -0.15) is 0 Å². The quantitative estimate of drug-likeness (QED) is 0.819. The molecular weight excluding hydrogens is 299 g/mol. The van der Waals surface area contributed by atoms with Crippen molar-refractivity contribution < 1.29 is 22.3 Å². The monoisotopic (exact) mass is 316 g/mol. The number of hydrogen-bond donors (Lipinski definition) is 2. The standard InChI is InChI=1S/C13H17FN2O4S/c1-9-6-11(2-3-12(9)14)21(18,19)15-7-13(17)16-10-4-5-20-8-10/h2-3,6,10,15H,4-5,7-8H2,1H3,(H,16,17)/t10-/m1/s1. The average Bonchev–Trinajstić information content (AvgIpc) is 2.92. The molecule has 0 aliphatic carbocycles. The molecule has 1 aliphatic rings. The molecular formula is C13H17FN2O4S. The van der Waals surface area contributed by atoms with Gasteiger partial charge in [0.15, 0.2) is 0 Å². The van der Waals surface area contributed by atoms with E-state index in [1.807, 2.05) is 0 Å². The number of rotatable bonds is 5. The molecule has 1 saturated heterocycles. The highest BCUT2D eigenvalue weighted by atomic mass is 32.2. The van der Waals surface area contributed by atoms with Crippen LogP contribution >= 0.6 is 0 Å². The number of hydrogen-bond acceptors (Lipinski definition) is 4. The Morgan fingerprint density at radius 2 is 2.24 bits per heavy atom. The molecule has 6 nitrogen and oxygen atoms in total. The fourth-order valence-electron chi connectivity index (χ4n) is 1.96. The molecule has 0 radical (unpaired) electrons. The number of sulfonamides is 1. The maximum atomic E-state index is 13.1. The molecule has 0 saturated carbocycles. The minimum Gasteiger partial charge on any atom is -0.379 e. The Balaban J connectivity index is 1.94. The lowest BCUT2D eigenvalue weighted by Crippen LogP contribution is -2.42. The van der Waals surface area contributed by atoms with Crippen molar-refractivity contribution in [1.29, 1.82) is 0 Å². The predicted molar refractivity (Wildman–Crippen MR) is 73.7 cm³/mol. The molecule has 1 amide bonds. The number of amides is 1. The van der Waals surface area contributed by atoms with Crippen LogP contribution in [0.3, 0.4) is 0 Å². The Morgan fingerprint density at radius 3 is 2.86 bits per heavy atom. The highest BCUT2D eigenvalue weighted by molar-refractivity contribution is 7.89. The lowest BCUT2D eigenvalue weighted by Gasteiger charge is -2.11. The zero-order valence-corrected chi connectivity index (χ0v) is 12.4. The number of aryl methyl sites for hydroxylation is 1. The molecule has 0 spiro atoms. The van der Waals surface area contributed by atoms with Gasteiger partial charge >= 0.3 is 0 Å². The smallest absolute Gasteiger partial charge is 0.241 e. The van der Waals surface area contributed by atoms with Crippen LogP contribution in [0.1, 0.15) is 12.0 Å². The second kappa shape index (κ2) is 6.50. The number of nitrogens with one attached hydrogen (secondary N) is 2. The third-order valence-electron chi connectivity index (χ3n) is 3.16. The predicted octanol–water partition coefficient (Wildman–Crippen LogP) is 0.318. The van der Waals surface area contributed by atoms with E-state index < -0.39 is 21.7 Å².